The number of aromatic nitrogens is 2. The molecule has 0 spiro atoms. The zero-order valence-electron chi connectivity index (χ0n) is 13.3. The zero-order valence-corrected chi connectivity index (χ0v) is 14.8. The molecule has 1 atom stereocenters. The first-order valence-corrected chi connectivity index (χ1v) is 9.21. The Bertz CT molecular complexity index is 816. The molecule has 1 unspecified atom stereocenters. The quantitative estimate of drug-likeness (QED) is 0.688. The normalized spacial score (nSPS) is 12.2. The van der Waals surface area contributed by atoms with E-state index in [0.717, 1.165) is 33.2 Å². The maximum atomic E-state index is 12.1. The Hall–Kier alpha value is -1.98. The summed E-state index contributed by atoms with van der Waals surface area (Å²) in [5.74, 6) is 1.92. The van der Waals surface area contributed by atoms with E-state index >= 15 is 0 Å². The number of carbonyl (C=O) groups is 1. The van der Waals surface area contributed by atoms with Crippen molar-refractivity contribution in [2.24, 2.45) is 0 Å². The summed E-state index contributed by atoms with van der Waals surface area (Å²) in [6.07, 6.45) is 0. The van der Waals surface area contributed by atoms with Gasteiger partial charge in [-0.1, -0.05) is 35.9 Å². The summed E-state index contributed by atoms with van der Waals surface area (Å²) >= 11 is 7.52. The number of nitrogens with one attached hydrogen (secondary N) is 2. The molecule has 0 saturated carbocycles. The number of H-pyrrole nitrogens is 1. The Morgan fingerprint density at radius 3 is 2.92 bits per heavy atom. The van der Waals surface area contributed by atoms with E-state index in [2.05, 4.69) is 15.3 Å². The van der Waals surface area contributed by atoms with Crippen molar-refractivity contribution in [2.75, 3.05) is 5.75 Å². The molecule has 1 heterocycles. The van der Waals surface area contributed by atoms with Gasteiger partial charge in [-0.3, -0.25) is 4.79 Å². The van der Waals surface area contributed by atoms with Gasteiger partial charge in [-0.25, -0.2) is 4.98 Å². The topological polar surface area (TPSA) is 57.8 Å². The summed E-state index contributed by atoms with van der Waals surface area (Å²) in [4.78, 5) is 19.9. The second kappa shape index (κ2) is 7.73. The van der Waals surface area contributed by atoms with Gasteiger partial charge in [0.25, 0.3) is 0 Å². The van der Waals surface area contributed by atoms with Gasteiger partial charge in [0.1, 0.15) is 5.82 Å². The zero-order chi connectivity index (χ0) is 16.9. The van der Waals surface area contributed by atoms with Crippen LogP contribution in [0.25, 0.3) is 11.0 Å². The number of amides is 1. The number of halogens is 1. The van der Waals surface area contributed by atoms with Crippen LogP contribution in [0, 0.1) is 0 Å². The van der Waals surface area contributed by atoms with E-state index < -0.39 is 0 Å². The molecule has 24 heavy (non-hydrogen) atoms. The first kappa shape index (κ1) is 16.9. The number of hydrogen-bond donors (Lipinski definition) is 2. The fourth-order valence-corrected chi connectivity index (χ4v) is 3.42. The van der Waals surface area contributed by atoms with Gasteiger partial charge in [-0.15, -0.1) is 11.8 Å². The maximum absolute atomic E-state index is 12.1. The highest BCUT2D eigenvalue weighted by molar-refractivity contribution is 7.99. The van der Waals surface area contributed by atoms with Crippen LogP contribution in [0.2, 0.25) is 5.02 Å². The highest BCUT2D eigenvalue weighted by atomic mass is 35.5. The number of nitrogens with zero attached hydrogens (tertiary/aromatic N) is 1. The summed E-state index contributed by atoms with van der Waals surface area (Å²) in [5, 5.41) is 3.69. The van der Waals surface area contributed by atoms with Crippen LogP contribution < -0.4 is 5.32 Å². The van der Waals surface area contributed by atoms with Crippen molar-refractivity contribution in [1.29, 1.82) is 0 Å². The van der Waals surface area contributed by atoms with E-state index in [-0.39, 0.29) is 11.9 Å². The number of imidazole rings is 1. The van der Waals surface area contributed by atoms with Gasteiger partial charge in [0, 0.05) is 10.8 Å². The Kier molecular flexibility index (Phi) is 5.43. The lowest BCUT2D eigenvalue weighted by Gasteiger charge is -2.11. The standard InChI is InChI=1S/C18H18ClN3OS/c1-12(18-21-15-7-2-3-8-16(15)22-18)20-17(23)11-24-10-13-5-4-6-14(19)9-13/h2-9,12H,10-11H2,1H3,(H,20,23)(H,21,22). The highest BCUT2D eigenvalue weighted by Gasteiger charge is 2.13. The fraction of sp³-hybridized carbons (Fsp3) is 0.222. The molecule has 1 aromatic heterocycles. The molecule has 0 aliphatic heterocycles. The van der Waals surface area contributed by atoms with Crippen LogP contribution in [0.4, 0.5) is 0 Å². The van der Waals surface area contributed by atoms with Gasteiger partial charge < -0.3 is 10.3 Å². The average Bonchev–Trinajstić information content (AvgIpc) is 2.99. The molecule has 3 aromatic rings. The lowest BCUT2D eigenvalue weighted by molar-refractivity contribution is -0.119. The number of para-hydroxylation sites is 2. The molecule has 0 aliphatic carbocycles. The van der Waals surface area contributed by atoms with Gasteiger partial charge >= 0.3 is 0 Å². The summed E-state index contributed by atoms with van der Waals surface area (Å²) in [6.45, 7) is 1.93. The van der Waals surface area contributed by atoms with Crippen LogP contribution in [0.1, 0.15) is 24.4 Å². The number of hydrogen-bond acceptors (Lipinski definition) is 3. The minimum Gasteiger partial charge on any atom is -0.346 e. The molecule has 0 aliphatic rings. The van der Waals surface area contributed by atoms with Crippen molar-refractivity contribution < 1.29 is 4.79 Å². The second-order valence-corrected chi connectivity index (χ2v) is 6.97. The van der Waals surface area contributed by atoms with Crippen molar-refractivity contribution in [3.05, 3.63) is 64.9 Å². The van der Waals surface area contributed by atoms with Gasteiger partial charge in [-0.05, 0) is 36.8 Å². The number of rotatable bonds is 6. The Labute approximate surface area is 150 Å². The van der Waals surface area contributed by atoms with Gasteiger partial charge in [0.15, 0.2) is 0 Å². The second-order valence-electron chi connectivity index (χ2n) is 5.55. The van der Waals surface area contributed by atoms with E-state index in [1.165, 1.54) is 0 Å². The SMILES string of the molecule is CC(NC(=O)CSCc1cccc(Cl)c1)c1nc2ccccc2[nH]1. The predicted molar refractivity (Wildman–Crippen MR) is 100 cm³/mol. The number of fused-ring (bicyclic) bond motifs is 1. The summed E-state index contributed by atoms with van der Waals surface area (Å²) in [7, 11) is 0. The molecule has 0 saturated heterocycles. The van der Waals surface area contributed by atoms with Crippen LogP contribution in [0.5, 0.6) is 0 Å². The van der Waals surface area contributed by atoms with E-state index in [1.807, 2.05) is 55.5 Å². The minimum absolute atomic E-state index is 0.00464. The van der Waals surface area contributed by atoms with Crippen LogP contribution in [-0.4, -0.2) is 21.6 Å². The third-order valence-electron chi connectivity index (χ3n) is 3.59. The number of aromatic amines is 1. The summed E-state index contributed by atoms with van der Waals surface area (Å²) in [6, 6.07) is 15.4. The van der Waals surface area contributed by atoms with E-state index in [4.69, 9.17) is 11.6 Å². The first-order valence-electron chi connectivity index (χ1n) is 7.68. The van der Waals surface area contributed by atoms with Crippen molar-refractivity contribution in [2.45, 2.75) is 18.7 Å². The molecule has 6 heteroatoms. The molecule has 2 aromatic carbocycles. The van der Waals surface area contributed by atoms with Crippen LogP contribution in [0.15, 0.2) is 48.5 Å². The molecular weight excluding hydrogens is 342 g/mol. The third kappa shape index (κ3) is 4.30. The van der Waals surface area contributed by atoms with Gasteiger partial charge in [0.2, 0.25) is 5.91 Å². The van der Waals surface area contributed by atoms with E-state index in [9.17, 15) is 4.79 Å². The molecule has 124 valence electrons. The van der Waals surface area contributed by atoms with Crippen LogP contribution in [-0.2, 0) is 10.5 Å². The number of thioether (sulfide) groups is 1. The fourth-order valence-electron chi connectivity index (χ4n) is 2.42. The predicted octanol–water partition coefficient (Wildman–Crippen LogP) is 4.33. The highest BCUT2D eigenvalue weighted by Crippen LogP contribution is 2.18. The largest absolute Gasteiger partial charge is 0.346 e. The molecule has 4 nitrogen and oxygen atoms in total. The Balaban J connectivity index is 1.50. The average molecular weight is 360 g/mol. The van der Waals surface area contributed by atoms with Crippen molar-refractivity contribution in [3.8, 4) is 0 Å². The van der Waals surface area contributed by atoms with E-state index in [0.29, 0.717) is 5.75 Å². The van der Waals surface area contributed by atoms with Crippen LogP contribution >= 0.6 is 23.4 Å². The smallest absolute Gasteiger partial charge is 0.230 e. The minimum atomic E-state index is -0.156. The molecule has 0 fully saturated rings. The maximum Gasteiger partial charge on any atom is 0.230 e. The van der Waals surface area contributed by atoms with Crippen LogP contribution in [0.3, 0.4) is 0 Å². The molecule has 1 amide bonds. The third-order valence-corrected chi connectivity index (χ3v) is 4.83. The van der Waals surface area contributed by atoms with Crippen molar-refractivity contribution >= 4 is 40.3 Å². The van der Waals surface area contributed by atoms with Gasteiger partial charge in [-0.2, -0.15) is 0 Å². The first-order chi connectivity index (χ1) is 11.6. The van der Waals surface area contributed by atoms with Gasteiger partial charge in [0.05, 0.1) is 22.8 Å². The molecule has 0 radical (unpaired) electrons. The Morgan fingerprint density at radius 2 is 2.12 bits per heavy atom. The lowest BCUT2D eigenvalue weighted by atomic mass is 10.2. The van der Waals surface area contributed by atoms with Crippen molar-refractivity contribution in [1.82, 2.24) is 15.3 Å². The Morgan fingerprint density at radius 1 is 1.29 bits per heavy atom. The summed E-state index contributed by atoms with van der Waals surface area (Å²) in [5.41, 5.74) is 3.00. The lowest BCUT2D eigenvalue weighted by Crippen LogP contribution is -2.28. The van der Waals surface area contributed by atoms with E-state index in [1.54, 1.807) is 11.8 Å². The molecule has 3 rings (SSSR count). The monoisotopic (exact) mass is 359 g/mol. The molecular formula is C18H18ClN3OS. The number of benzene rings is 2. The molecule has 0 bridgehead atoms. The number of carbonyl (C=O) groups excluding carboxylic acids is 1. The summed E-state index contributed by atoms with van der Waals surface area (Å²) < 4.78 is 0. The van der Waals surface area contributed by atoms with Crippen molar-refractivity contribution in [3.63, 3.8) is 0 Å². The molecule has 2 N–H and O–H groups in total.